The number of alkyl carbamates (subject to hydrolysis) is 2. The molecule has 0 bridgehead atoms. The Hall–Kier alpha value is -2.32. The second-order valence-corrected chi connectivity index (χ2v) is 14.0. The van der Waals surface area contributed by atoms with Crippen molar-refractivity contribution in [1.29, 1.82) is 0 Å². The summed E-state index contributed by atoms with van der Waals surface area (Å²) >= 11 is 3.68. The molecule has 216 valence electrons. The highest BCUT2D eigenvalue weighted by molar-refractivity contribution is 8.00. The average Bonchev–Trinajstić information content (AvgIpc) is 2.95. The number of rotatable bonds is 4. The van der Waals surface area contributed by atoms with E-state index in [-0.39, 0.29) is 46.0 Å². The molecule has 0 unspecified atom stereocenters. The Bertz CT molecular complexity index is 1030. The van der Waals surface area contributed by atoms with Crippen LogP contribution in [0.4, 0.5) is 9.59 Å². The zero-order valence-corrected chi connectivity index (χ0v) is 25.2. The van der Waals surface area contributed by atoms with Gasteiger partial charge in [0.15, 0.2) is 0 Å². The van der Waals surface area contributed by atoms with Gasteiger partial charge >= 0.3 is 12.2 Å². The van der Waals surface area contributed by atoms with Crippen LogP contribution in [0.15, 0.2) is 70.5 Å². The first-order valence-electron chi connectivity index (χ1n) is 14.8. The molecule has 2 aromatic carbocycles. The van der Waals surface area contributed by atoms with Gasteiger partial charge in [0, 0.05) is 21.9 Å². The predicted octanol–water partition coefficient (Wildman–Crippen LogP) is 7.96. The van der Waals surface area contributed by atoms with E-state index in [0.717, 1.165) is 51.4 Å². The quantitative estimate of drug-likeness (QED) is 0.381. The van der Waals surface area contributed by atoms with Crippen LogP contribution in [0.5, 0.6) is 0 Å². The minimum atomic E-state index is -0.277. The smallest absolute Gasteiger partial charge is 0.407 e. The molecule has 0 radical (unpaired) electrons. The van der Waals surface area contributed by atoms with Gasteiger partial charge in [-0.2, -0.15) is 0 Å². The number of amides is 2. The van der Waals surface area contributed by atoms with Crippen LogP contribution >= 0.6 is 23.5 Å². The van der Waals surface area contributed by atoms with Gasteiger partial charge in [-0.05, 0) is 89.5 Å². The first-order chi connectivity index (χ1) is 19.4. The molecule has 8 heteroatoms. The maximum atomic E-state index is 11.8. The van der Waals surface area contributed by atoms with Crippen LogP contribution in [0.3, 0.4) is 0 Å². The summed E-state index contributed by atoms with van der Waals surface area (Å²) in [6.07, 6.45) is 10.6. The molecule has 40 heavy (non-hydrogen) atoms. The largest absolute Gasteiger partial charge is 0.442 e. The number of hydrogen-bond donors (Lipinski definition) is 2. The highest BCUT2D eigenvalue weighted by Crippen LogP contribution is 2.46. The van der Waals surface area contributed by atoms with Gasteiger partial charge < -0.3 is 20.1 Å². The molecule has 4 fully saturated rings. The lowest BCUT2D eigenvalue weighted by Crippen LogP contribution is -2.61. The van der Waals surface area contributed by atoms with E-state index in [1.165, 1.54) is 22.6 Å². The molecule has 6 nitrogen and oxygen atoms in total. The molecule has 0 aromatic heterocycles. The van der Waals surface area contributed by atoms with Crippen LogP contribution in [0.25, 0.3) is 0 Å². The summed E-state index contributed by atoms with van der Waals surface area (Å²) in [5.41, 5.74) is -0.555. The fraction of sp³-hybridized carbons (Fsp3) is 0.562. The van der Waals surface area contributed by atoms with Gasteiger partial charge in [-0.3, -0.25) is 0 Å². The summed E-state index contributed by atoms with van der Waals surface area (Å²) in [6.45, 7) is 4.19. The molecule has 2 amide bonds. The fourth-order valence-electron chi connectivity index (χ4n) is 6.76. The summed E-state index contributed by atoms with van der Waals surface area (Å²) in [5, 5.41) is 6.44. The Morgan fingerprint density at radius 3 is 1.30 bits per heavy atom. The lowest BCUT2D eigenvalue weighted by atomic mass is 9.79. The van der Waals surface area contributed by atoms with Crippen LogP contribution in [0.1, 0.15) is 78.1 Å². The molecule has 2 heterocycles. The van der Waals surface area contributed by atoms with Crippen molar-refractivity contribution in [1.82, 2.24) is 10.6 Å². The Morgan fingerprint density at radius 1 is 0.600 bits per heavy atom. The first kappa shape index (κ1) is 29.2. The van der Waals surface area contributed by atoms with E-state index >= 15 is 0 Å². The standard InChI is InChI=1S/2C16H21NO2S/c2*1-12-14(20-13-8-4-2-5-9-13)16(19-15(18)17-12)10-6-3-7-11-16/h2*2,4-5,8-9,12,14H,3,6-7,10-11H2,1H3,(H,17,18)/t2*12-,14+/m10/s1. The van der Waals surface area contributed by atoms with Crippen LogP contribution in [-0.2, 0) is 9.47 Å². The number of ether oxygens (including phenoxy) is 2. The van der Waals surface area contributed by atoms with Crippen LogP contribution in [0.2, 0.25) is 0 Å². The van der Waals surface area contributed by atoms with E-state index < -0.39 is 0 Å². The van der Waals surface area contributed by atoms with Gasteiger partial charge in [0.1, 0.15) is 11.2 Å². The van der Waals surface area contributed by atoms with Gasteiger partial charge in [-0.1, -0.05) is 49.2 Å². The summed E-state index contributed by atoms with van der Waals surface area (Å²) in [4.78, 5) is 26.1. The summed E-state index contributed by atoms with van der Waals surface area (Å²) in [5.74, 6) is 0. The third-order valence-electron chi connectivity index (χ3n) is 8.64. The van der Waals surface area contributed by atoms with Crippen LogP contribution in [0, 0.1) is 0 Å². The lowest BCUT2D eigenvalue weighted by molar-refractivity contribution is -0.0434. The van der Waals surface area contributed by atoms with Crippen molar-refractivity contribution in [2.75, 3.05) is 0 Å². The van der Waals surface area contributed by atoms with Crippen molar-refractivity contribution in [3.63, 3.8) is 0 Å². The van der Waals surface area contributed by atoms with E-state index in [0.29, 0.717) is 0 Å². The number of carbonyl (C=O) groups excluding carboxylic acids is 2. The minimum Gasteiger partial charge on any atom is -0.442 e. The molecule has 2 aliphatic carbocycles. The van der Waals surface area contributed by atoms with Gasteiger partial charge in [0.05, 0.1) is 10.5 Å². The Kier molecular flexibility index (Phi) is 9.56. The molecular weight excluding hydrogens is 540 g/mol. The van der Waals surface area contributed by atoms with E-state index in [2.05, 4.69) is 73.0 Å². The number of thioether (sulfide) groups is 2. The molecule has 2 aromatic rings. The topological polar surface area (TPSA) is 76.7 Å². The molecular formula is C32H42N2O4S2. The second kappa shape index (κ2) is 13.1. The van der Waals surface area contributed by atoms with Crippen molar-refractivity contribution in [2.45, 2.75) is 122 Å². The zero-order chi connectivity index (χ0) is 28.0. The van der Waals surface area contributed by atoms with Crippen molar-refractivity contribution in [3.8, 4) is 0 Å². The van der Waals surface area contributed by atoms with E-state index in [1.807, 2.05) is 35.7 Å². The van der Waals surface area contributed by atoms with E-state index in [4.69, 9.17) is 9.47 Å². The molecule has 2 spiro atoms. The maximum absolute atomic E-state index is 11.8. The normalized spacial score (nSPS) is 28.8. The third-order valence-corrected chi connectivity index (χ3v) is 11.9. The highest BCUT2D eigenvalue weighted by atomic mass is 32.2. The minimum absolute atomic E-state index is 0.138. The molecule has 2 saturated carbocycles. The lowest BCUT2D eigenvalue weighted by Gasteiger charge is -2.48. The monoisotopic (exact) mass is 582 g/mol. The fourth-order valence-corrected chi connectivity index (χ4v) is 9.52. The SMILES string of the molecule is C[C@@H]1NC(=O)OC2(CCCCC2)[C@@H]1Sc1ccccc1.C[C@H]1NC(=O)OC2(CCCCC2)[C@H]1Sc1ccccc1. The first-order valence-corrected chi connectivity index (χ1v) is 16.6. The number of hydrogen-bond acceptors (Lipinski definition) is 6. The Morgan fingerprint density at radius 2 is 0.950 bits per heavy atom. The highest BCUT2D eigenvalue weighted by Gasteiger charge is 2.51. The molecule has 2 aliphatic heterocycles. The van der Waals surface area contributed by atoms with E-state index in [9.17, 15) is 9.59 Å². The summed E-state index contributed by atoms with van der Waals surface area (Å²) < 4.78 is 11.6. The van der Waals surface area contributed by atoms with Crippen LogP contribution < -0.4 is 10.6 Å². The summed E-state index contributed by atoms with van der Waals surface area (Å²) in [6, 6.07) is 21.1. The molecule has 6 rings (SSSR count). The maximum Gasteiger partial charge on any atom is 0.407 e. The Balaban J connectivity index is 0.000000161. The van der Waals surface area contributed by atoms with Gasteiger partial charge in [0.2, 0.25) is 0 Å². The molecule has 4 aliphatic rings. The average molecular weight is 583 g/mol. The number of benzene rings is 2. The van der Waals surface area contributed by atoms with Gasteiger partial charge in [-0.15, -0.1) is 23.5 Å². The van der Waals surface area contributed by atoms with Crippen molar-refractivity contribution in [2.24, 2.45) is 0 Å². The molecule has 2 saturated heterocycles. The van der Waals surface area contributed by atoms with E-state index in [1.54, 1.807) is 0 Å². The predicted molar refractivity (Wildman–Crippen MR) is 162 cm³/mol. The zero-order valence-electron chi connectivity index (χ0n) is 23.6. The Labute approximate surface area is 247 Å². The van der Waals surface area contributed by atoms with Crippen molar-refractivity contribution >= 4 is 35.7 Å². The van der Waals surface area contributed by atoms with Gasteiger partial charge in [-0.25, -0.2) is 9.59 Å². The third kappa shape index (κ3) is 6.76. The van der Waals surface area contributed by atoms with Crippen molar-refractivity contribution in [3.05, 3.63) is 60.7 Å². The van der Waals surface area contributed by atoms with Crippen LogP contribution in [-0.4, -0.2) is 46.0 Å². The van der Waals surface area contributed by atoms with Gasteiger partial charge in [0.25, 0.3) is 0 Å². The second-order valence-electron chi connectivity index (χ2n) is 11.6. The number of nitrogens with one attached hydrogen (secondary N) is 2. The van der Waals surface area contributed by atoms with Crippen molar-refractivity contribution < 1.29 is 19.1 Å². The number of carbonyl (C=O) groups is 2. The summed E-state index contributed by atoms with van der Waals surface area (Å²) in [7, 11) is 0. The molecule has 2 N–H and O–H groups in total. The molecule has 4 atom stereocenters.